The van der Waals surface area contributed by atoms with Crippen LogP contribution in [0.5, 0.6) is 0 Å². The van der Waals surface area contributed by atoms with Crippen LogP contribution in [0.2, 0.25) is 0 Å². The van der Waals surface area contributed by atoms with E-state index >= 15 is 0 Å². The molecule has 0 radical (unpaired) electrons. The van der Waals surface area contributed by atoms with Crippen LogP contribution in [-0.2, 0) is 15.0 Å². The molecule has 0 aromatic heterocycles. The van der Waals surface area contributed by atoms with Gasteiger partial charge in [0, 0.05) is 17.6 Å². The van der Waals surface area contributed by atoms with Crippen LogP contribution in [0.3, 0.4) is 0 Å². The van der Waals surface area contributed by atoms with Crippen molar-refractivity contribution in [3.63, 3.8) is 0 Å². The predicted molar refractivity (Wildman–Crippen MR) is 76.4 cm³/mol. The van der Waals surface area contributed by atoms with Gasteiger partial charge in [0.15, 0.2) is 0 Å². The summed E-state index contributed by atoms with van der Waals surface area (Å²) in [6, 6.07) is 8.01. The van der Waals surface area contributed by atoms with E-state index in [1.807, 2.05) is 23.1 Å². The van der Waals surface area contributed by atoms with Crippen molar-refractivity contribution in [3.05, 3.63) is 29.8 Å². The molecule has 1 aromatic rings. The number of nitrogens with one attached hydrogen (secondary N) is 1. The molecular formula is C15H19N3O2. The summed E-state index contributed by atoms with van der Waals surface area (Å²) in [5.74, 6) is -0.488. The van der Waals surface area contributed by atoms with E-state index in [9.17, 15) is 9.59 Å². The van der Waals surface area contributed by atoms with E-state index in [1.165, 1.54) is 12.0 Å². The Labute approximate surface area is 118 Å². The lowest BCUT2D eigenvalue weighted by Gasteiger charge is -2.44. The molecule has 1 heterocycles. The topological polar surface area (TPSA) is 75.4 Å². The molecule has 0 unspecified atom stereocenters. The summed E-state index contributed by atoms with van der Waals surface area (Å²) in [6.45, 7) is 1.06. The highest BCUT2D eigenvalue weighted by atomic mass is 16.2. The SMILES string of the molecule is NCC1(c2ccccc2N2CC(=O)NC(=O)C2)CCC1. The minimum atomic E-state index is -0.244. The third-order valence-electron chi connectivity index (χ3n) is 4.47. The summed E-state index contributed by atoms with van der Waals surface area (Å²) in [6.07, 6.45) is 3.34. The first-order valence-corrected chi connectivity index (χ1v) is 7.02. The maximum absolute atomic E-state index is 11.6. The highest BCUT2D eigenvalue weighted by Crippen LogP contribution is 2.46. The zero-order chi connectivity index (χ0) is 14.2. The van der Waals surface area contributed by atoms with Gasteiger partial charge in [-0.1, -0.05) is 24.6 Å². The number of hydrogen-bond acceptors (Lipinski definition) is 4. The zero-order valence-corrected chi connectivity index (χ0v) is 11.4. The highest BCUT2D eigenvalue weighted by Gasteiger charge is 2.40. The summed E-state index contributed by atoms with van der Waals surface area (Å²) in [5.41, 5.74) is 8.16. The van der Waals surface area contributed by atoms with Gasteiger partial charge >= 0.3 is 0 Å². The summed E-state index contributed by atoms with van der Waals surface area (Å²) in [4.78, 5) is 25.0. The van der Waals surface area contributed by atoms with E-state index in [4.69, 9.17) is 5.73 Å². The molecule has 2 fully saturated rings. The average Bonchev–Trinajstić information content (AvgIpc) is 2.37. The second-order valence-corrected chi connectivity index (χ2v) is 5.68. The van der Waals surface area contributed by atoms with Gasteiger partial charge in [0.05, 0.1) is 13.1 Å². The van der Waals surface area contributed by atoms with Crippen LogP contribution in [-0.4, -0.2) is 31.4 Å². The highest BCUT2D eigenvalue weighted by molar-refractivity contribution is 6.02. The zero-order valence-electron chi connectivity index (χ0n) is 11.4. The van der Waals surface area contributed by atoms with Crippen molar-refractivity contribution in [2.45, 2.75) is 24.7 Å². The van der Waals surface area contributed by atoms with Gasteiger partial charge in [0.2, 0.25) is 11.8 Å². The van der Waals surface area contributed by atoms with E-state index in [0.29, 0.717) is 6.54 Å². The summed E-state index contributed by atoms with van der Waals surface area (Å²) < 4.78 is 0. The minimum absolute atomic E-state index is 0.0214. The van der Waals surface area contributed by atoms with Gasteiger partial charge in [-0.2, -0.15) is 0 Å². The van der Waals surface area contributed by atoms with Crippen molar-refractivity contribution >= 4 is 17.5 Å². The summed E-state index contributed by atoms with van der Waals surface area (Å²) in [7, 11) is 0. The van der Waals surface area contributed by atoms with Crippen LogP contribution >= 0.6 is 0 Å². The molecule has 0 bridgehead atoms. The Morgan fingerprint density at radius 3 is 2.35 bits per heavy atom. The molecular weight excluding hydrogens is 254 g/mol. The van der Waals surface area contributed by atoms with Crippen molar-refractivity contribution in [1.82, 2.24) is 5.32 Å². The van der Waals surface area contributed by atoms with Gasteiger partial charge in [-0.15, -0.1) is 0 Å². The van der Waals surface area contributed by atoms with Crippen LogP contribution in [0.15, 0.2) is 24.3 Å². The number of piperazine rings is 1. The maximum atomic E-state index is 11.6. The van der Waals surface area contributed by atoms with E-state index in [1.54, 1.807) is 0 Å². The number of nitrogens with zero attached hydrogens (tertiary/aromatic N) is 1. The molecule has 106 valence electrons. The fourth-order valence-corrected chi connectivity index (χ4v) is 3.19. The number of nitrogens with two attached hydrogens (primary N) is 1. The number of anilines is 1. The Morgan fingerprint density at radius 2 is 1.80 bits per heavy atom. The number of carbonyl (C=O) groups excluding carboxylic acids is 2. The minimum Gasteiger partial charge on any atom is -0.353 e. The number of carbonyl (C=O) groups is 2. The van der Waals surface area contributed by atoms with Crippen molar-refractivity contribution in [1.29, 1.82) is 0 Å². The van der Waals surface area contributed by atoms with E-state index in [-0.39, 0.29) is 30.3 Å². The molecule has 0 spiro atoms. The van der Waals surface area contributed by atoms with Crippen LogP contribution in [0, 0.1) is 0 Å². The fraction of sp³-hybridized carbons (Fsp3) is 0.467. The van der Waals surface area contributed by atoms with Crippen molar-refractivity contribution in [2.75, 3.05) is 24.5 Å². The lowest BCUT2D eigenvalue weighted by atomic mass is 9.64. The second kappa shape index (κ2) is 4.90. The molecule has 3 N–H and O–H groups in total. The van der Waals surface area contributed by atoms with Crippen LogP contribution < -0.4 is 16.0 Å². The molecule has 2 aliphatic rings. The van der Waals surface area contributed by atoms with E-state index in [2.05, 4.69) is 11.4 Å². The number of imide groups is 1. The van der Waals surface area contributed by atoms with Crippen LogP contribution in [0.4, 0.5) is 5.69 Å². The molecule has 5 nitrogen and oxygen atoms in total. The van der Waals surface area contributed by atoms with Gasteiger partial charge in [0.25, 0.3) is 0 Å². The van der Waals surface area contributed by atoms with Gasteiger partial charge < -0.3 is 10.6 Å². The molecule has 1 saturated heterocycles. The number of para-hydroxylation sites is 1. The lowest BCUT2D eigenvalue weighted by Crippen LogP contribution is -2.52. The first-order chi connectivity index (χ1) is 9.64. The summed E-state index contributed by atoms with van der Waals surface area (Å²) >= 11 is 0. The van der Waals surface area contributed by atoms with Crippen LogP contribution in [0.1, 0.15) is 24.8 Å². The van der Waals surface area contributed by atoms with Gasteiger partial charge in [0.1, 0.15) is 0 Å². The third-order valence-corrected chi connectivity index (χ3v) is 4.47. The largest absolute Gasteiger partial charge is 0.353 e. The van der Waals surface area contributed by atoms with Crippen LogP contribution in [0.25, 0.3) is 0 Å². The average molecular weight is 273 g/mol. The molecule has 1 saturated carbocycles. The standard InChI is InChI=1S/C15H19N3O2/c16-10-15(6-3-7-15)11-4-1-2-5-12(11)18-8-13(19)17-14(20)9-18/h1-2,4-5H,3,6-10,16H2,(H,17,19,20). The summed E-state index contributed by atoms with van der Waals surface area (Å²) in [5, 5.41) is 2.33. The molecule has 1 aliphatic heterocycles. The predicted octanol–water partition coefficient (Wildman–Crippen LogP) is 0.530. The molecule has 1 aliphatic carbocycles. The quantitative estimate of drug-likeness (QED) is 0.788. The van der Waals surface area contributed by atoms with Crippen molar-refractivity contribution < 1.29 is 9.59 Å². The first-order valence-electron chi connectivity index (χ1n) is 7.02. The molecule has 1 aromatic carbocycles. The molecule has 0 atom stereocenters. The van der Waals surface area contributed by atoms with E-state index in [0.717, 1.165) is 18.5 Å². The Bertz CT molecular complexity index is 530. The maximum Gasteiger partial charge on any atom is 0.246 e. The van der Waals surface area contributed by atoms with Gasteiger partial charge in [-0.05, 0) is 24.5 Å². The Hall–Kier alpha value is -1.88. The molecule has 5 heteroatoms. The monoisotopic (exact) mass is 273 g/mol. The Balaban J connectivity index is 1.97. The third kappa shape index (κ3) is 2.08. The molecule has 3 rings (SSSR count). The van der Waals surface area contributed by atoms with Crippen molar-refractivity contribution in [3.8, 4) is 0 Å². The number of hydrogen-bond donors (Lipinski definition) is 2. The van der Waals surface area contributed by atoms with Gasteiger partial charge in [-0.25, -0.2) is 0 Å². The number of amides is 2. The fourth-order valence-electron chi connectivity index (χ4n) is 3.19. The first kappa shape index (κ1) is 13.1. The van der Waals surface area contributed by atoms with Gasteiger partial charge in [-0.3, -0.25) is 14.9 Å². The molecule has 20 heavy (non-hydrogen) atoms. The number of rotatable bonds is 3. The van der Waals surface area contributed by atoms with E-state index < -0.39 is 0 Å². The number of benzene rings is 1. The Kier molecular flexibility index (Phi) is 3.22. The second-order valence-electron chi connectivity index (χ2n) is 5.68. The normalized spacial score (nSPS) is 21.4. The molecule has 2 amide bonds. The van der Waals surface area contributed by atoms with Crippen molar-refractivity contribution in [2.24, 2.45) is 5.73 Å². The Morgan fingerprint density at radius 1 is 1.15 bits per heavy atom. The lowest BCUT2D eigenvalue weighted by molar-refractivity contribution is -0.130. The smallest absolute Gasteiger partial charge is 0.246 e.